The summed E-state index contributed by atoms with van der Waals surface area (Å²) in [5, 5.41) is 10.0. The predicted molar refractivity (Wildman–Crippen MR) is 114 cm³/mol. The highest BCUT2D eigenvalue weighted by atomic mass is 16.5. The molecule has 1 heterocycles. The monoisotopic (exact) mass is 379 g/mol. The van der Waals surface area contributed by atoms with Gasteiger partial charge in [-0.25, -0.2) is 4.98 Å². The number of anilines is 1. The first-order chi connectivity index (χ1) is 13.1. The average molecular weight is 380 g/mol. The van der Waals surface area contributed by atoms with E-state index in [1.807, 2.05) is 19.0 Å². The maximum Gasteiger partial charge on any atom is 0.262 e. The molecule has 5 heteroatoms. The predicted octanol–water partition coefficient (Wildman–Crippen LogP) is 6.03. The number of ether oxygens (including phenoxy) is 1. The van der Waals surface area contributed by atoms with Crippen molar-refractivity contribution < 1.29 is 9.84 Å². The molecule has 0 aliphatic carbocycles. The molecule has 0 radical (unpaired) electrons. The second-order valence-corrected chi connectivity index (χ2v) is 7.75. The second-order valence-electron chi connectivity index (χ2n) is 7.75. The number of aromatic nitrogens is 2. The molecular formula is C22H41N3O2. The quantitative estimate of drug-likeness (QED) is 0.356. The Morgan fingerprint density at radius 1 is 0.778 bits per heavy atom. The molecule has 1 rings (SSSR count). The largest absolute Gasteiger partial charge is 0.502 e. The summed E-state index contributed by atoms with van der Waals surface area (Å²) >= 11 is 0. The van der Waals surface area contributed by atoms with Gasteiger partial charge in [-0.1, -0.05) is 84.0 Å². The third-order valence-corrected chi connectivity index (χ3v) is 4.90. The molecule has 1 aromatic rings. The van der Waals surface area contributed by atoms with Crippen molar-refractivity contribution in [2.45, 2.75) is 97.3 Å². The molecule has 5 nitrogen and oxygen atoms in total. The van der Waals surface area contributed by atoms with Crippen LogP contribution in [0.2, 0.25) is 0 Å². The minimum atomic E-state index is 0.0512. The van der Waals surface area contributed by atoms with Gasteiger partial charge in [0.05, 0.1) is 12.3 Å². The first kappa shape index (κ1) is 23.5. The third kappa shape index (κ3) is 10.4. The van der Waals surface area contributed by atoms with Crippen LogP contribution < -0.4 is 9.64 Å². The molecule has 0 fully saturated rings. The van der Waals surface area contributed by atoms with Crippen molar-refractivity contribution in [1.82, 2.24) is 9.97 Å². The van der Waals surface area contributed by atoms with Crippen molar-refractivity contribution >= 4 is 5.95 Å². The number of hydrogen-bond donors (Lipinski definition) is 1. The van der Waals surface area contributed by atoms with Crippen molar-refractivity contribution in [3.63, 3.8) is 0 Å². The van der Waals surface area contributed by atoms with E-state index in [4.69, 9.17) is 4.74 Å². The van der Waals surface area contributed by atoms with E-state index in [9.17, 15) is 5.11 Å². The van der Waals surface area contributed by atoms with Crippen LogP contribution in [-0.2, 0) is 0 Å². The molecule has 0 aliphatic rings. The number of aromatic hydroxyl groups is 1. The molecule has 0 aromatic carbocycles. The van der Waals surface area contributed by atoms with Crippen molar-refractivity contribution in [3.05, 3.63) is 5.69 Å². The van der Waals surface area contributed by atoms with Crippen LogP contribution in [-0.4, -0.2) is 35.8 Å². The third-order valence-electron chi connectivity index (χ3n) is 4.90. The van der Waals surface area contributed by atoms with Gasteiger partial charge in [0.1, 0.15) is 0 Å². The van der Waals surface area contributed by atoms with Crippen LogP contribution in [0, 0.1) is 6.92 Å². The summed E-state index contributed by atoms with van der Waals surface area (Å²) < 4.78 is 5.68. The lowest BCUT2D eigenvalue weighted by Gasteiger charge is -2.14. The van der Waals surface area contributed by atoms with E-state index < -0.39 is 0 Å². The molecule has 0 unspecified atom stereocenters. The van der Waals surface area contributed by atoms with Crippen LogP contribution in [0.5, 0.6) is 11.6 Å². The smallest absolute Gasteiger partial charge is 0.262 e. The highest BCUT2D eigenvalue weighted by Gasteiger charge is 2.12. The van der Waals surface area contributed by atoms with Gasteiger partial charge in [0, 0.05) is 14.1 Å². The first-order valence-electron chi connectivity index (χ1n) is 10.9. The Kier molecular flexibility index (Phi) is 12.7. The van der Waals surface area contributed by atoms with Crippen LogP contribution in [0.25, 0.3) is 0 Å². The van der Waals surface area contributed by atoms with E-state index in [2.05, 4.69) is 16.9 Å². The zero-order valence-electron chi connectivity index (χ0n) is 18.1. The number of unbranched alkanes of at least 4 members (excludes halogenated alkanes) is 12. The summed E-state index contributed by atoms with van der Waals surface area (Å²) in [4.78, 5) is 10.3. The van der Waals surface area contributed by atoms with Crippen LogP contribution in [0.1, 0.15) is 96.1 Å². The van der Waals surface area contributed by atoms with Gasteiger partial charge in [-0.3, -0.25) is 0 Å². The molecule has 156 valence electrons. The molecule has 27 heavy (non-hydrogen) atoms. The van der Waals surface area contributed by atoms with Gasteiger partial charge in [-0.15, -0.1) is 0 Å². The van der Waals surface area contributed by atoms with Crippen molar-refractivity contribution in [2.75, 3.05) is 25.6 Å². The van der Waals surface area contributed by atoms with Crippen molar-refractivity contribution in [1.29, 1.82) is 0 Å². The Morgan fingerprint density at radius 2 is 1.26 bits per heavy atom. The van der Waals surface area contributed by atoms with Crippen molar-refractivity contribution in [3.8, 4) is 11.6 Å². The molecule has 0 spiro atoms. The highest BCUT2D eigenvalue weighted by molar-refractivity contribution is 5.42. The summed E-state index contributed by atoms with van der Waals surface area (Å²) in [5.41, 5.74) is 0.550. The summed E-state index contributed by atoms with van der Waals surface area (Å²) in [6.07, 6.45) is 17.3. The fraction of sp³-hybridized carbons (Fsp3) is 0.818. The molecule has 1 N–H and O–H groups in total. The van der Waals surface area contributed by atoms with Gasteiger partial charge in [0.2, 0.25) is 5.95 Å². The lowest BCUT2D eigenvalue weighted by molar-refractivity contribution is 0.275. The Balaban J connectivity index is 2.02. The summed E-state index contributed by atoms with van der Waals surface area (Å²) in [5.74, 6) is 0.908. The van der Waals surface area contributed by atoms with Gasteiger partial charge in [-0.05, 0) is 13.3 Å². The van der Waals surface area contributed by atoms with Gasteiger partial charge in [0.15, 0.2) is 5.75 Å². The van der Waals surface area contributed by atoms with Crippen LogP contribution >= 0.6 is 0 Å². The SMILES string of the molecule is CCCCCCCCCCCCCCCOc1nc(N(C)C)nc(C)c1O. The van der Waals surface area contributed by atoms with E-state index in [-0.39, 0.29) is 5.75 Å². The fourth-order valence-corrected chi connectivity index (χ4v) is 3.12. The molecule has 0 bridgehead atoms. The standard InChI is InChI=1S/C22H41N3O2/c1-5-6-7-8-9-10-11-12-13-14-15-16-17-18-27-21-20(26)19(2)23-22(24-21)25(3)4/h26H,5-18H2,1-4H3. The lowest BCUT2D eigenvalue weighted by Crippen LogP contribution is -2.14. The van der Waals surface area contributed by atoms with Crippen LogP contribution in [0.4, 0.5) is 5.95 Å². The molecule has 0 saturated heterocycles. The van der Waals surface area contributed by atoms with E-state index in [1.165, 1.54) is 77.0 Å². The topological polar surface area (TPSA) is 58.5 Å². The number of aryl methyl sites for hydroxylation is 1. The minimum absolute atomic E-state index is 0.0512. The molecular weight excluding hydrogens is 338 g/mol. The molecule has 0 saturated carbocycles. The van der Waals surface area contributed by atoms with Gasteiger partial charge < -0.3 is 14.7 Å². The number of nitrogens with zero attached hydrogens (tertiary/aromatic N) is 3. The molecule has 1 aromatic heterocycles. The normalized spacial score (nSPS) is 11.0. The van der Waals surface area contributed by atoms with Gasteiger partial charge in [0.25, 0.3) is 5.88 Å². The summed E-state index contributed by atoms with van der Waals surface area (Å²) in [7, 11) is 3.75. The fourth-order valence-electron chi connectivity index (χ4n) is 3.12. The Labute approximate surface area is 166 Å². The highest BCUT2D eigenvalue weighted by Crippen LogP contribution is 2.28. The zero-order valence-corrected chi connectivity index (χ0v) is 18.1. The summed E-state index contributed by atoms with van der Waals surface area (Å²) in [6.45, 7) is 4.63. The molecule has 0 amide bonds. The lowest BCUT2D eigenvalue weighted by atomic mass is 10.0. The van der Waals surface area contributed by atoms with E-state index in [0.29, 0.717) is 24.1 Å². The maximum atomic E-state index is 10.0. The van der Waals surface area contributed by atoms with E-state index in [0.717, 1.165) is 6.42 Å². The Bertz CT molecular complexity index is 507. The average Bonchev–Trinajstić information content (AvgIpc) is 2.64. The van der Waals surface area contributed by atoms with E-state index in [1.54, 1.807) is 6.92 Å². The Morgan fingerprint density at radius 3 is 1.74 bits per heavy atom. The maximum absolute atomic E-state index is 10.0. The van der Waals surface area contributed by atoms with Crippen molar-refractivity contribution in [2.24, 2.45) is 0 Å². The molecule has 0 aliphatic heterocycles. The number of hydrogen-bond acceptors (Lipinski definition) is 5. The van der Waals surface area contributed by atoms with E-state index >= 15 is 0 Å². The Hall–Kier alpha value is -1.52. The zero-order chi connectivity index (χ0) is 19.9. The van der Waals surface area contributed by atoms with Gasteiger partial charge in [-0.2, -0.15) is 4.98 Å². The second kappa shape index (κ2) is 14.5. The number of rotatable bonds is 16. The summed E-state index contributed by atoms with van der Waals surface area (Å²) in [6, 6.07) is 0. The van der Waals surface area contributed by atoms with Gasteiger partial charge >= 0.3 is 0 Å². The van der Waals surface area contributed by atoms with Crippen LogP contribution in [0.15, 0.2) is 0 Å². The molecule has 0 atom stereocenters. The minimum Gasteiger partial charge on any atom is -0.502 e. The first-order valence-corrected chi connectivity index (χ1v) is 10.9. The van der Waals surface area contributed by atoms with Crippen LogP contribution in [0.3, 0.4) is 0 Å².